The maximum absolute atomic E-state index is 11.7. The Hall–Kier alpha value is -1.92. The van der Waals surface area contributed by atoms with Gasteiger partial charge in [-0.1, -0.05) is 0 Å². The Morgan fingerprint density at radius 1 is 0.783 bits per heavy atom. The molecule has 0 spiro atoms. The molecule has 0 heterocycles. The van der Waals surface area contributed by atoms with Crippen molar-refractivity contribution in [2.24, 2.45) is 0 Å². The van der Waals surface area contributed by atoms with Gasteiger partial charge in [0.1, 0.15) is 11.8 Å². The zero-order chi connectivity index (χ0) is 17.8. The fourth-order valence-corrected chi connectivity index (χ4v) is 1.93. The van der Waals surface area contributed by atoms with E-state index in [1.807, 2.05) is 13.8 Å². The third-order valence-electron chi connectivity index (χ3n) is 3.20. The molecule has 132 valence electrons. The molecule has 23 heavy (non-hydrogen) atoms. The van der Waals surface area contributed by atoms with Gasteiger partial charge in [0.25, 0.3) is 0 Å². The van der Waals surface area contributed by atoms with Gasteiger partial charge in [0.2, 0.25) is 17.7 Å². The molecule has 3 N–H and O–H groups in total. The summed E-state index contributed by atoms with van der Waals surface area (Å²) in [6, 6.07) is -0.567. The summed E-state index contributed by atoms with van der Waals surface area (Å²) >= 11 is 0. The number of ketones is 1. The normalized spacial score (nSPS) is 11.7. The number of rotatable bonds is 11. The highest BCUT2D eigenvalue weighted by Gasteiger charge is 2.16. The summed E-state index contributed by atoms with van der Waals surface area (Å²) in [5, 5.41) is 7.83. The summed E-state index contributed by atoms with van der Waals surface area (Å²) in [5.74, 6) is -0.494. The molecule has 7 heteroatoms. The van der Waals surface area contributed by atoms with E-state index in [9.17, 15) is 19.2 Å². The molecule has 0 bridgehead atoms. The maximum atomic E-state index is 11.7. The predicted octanol–water partition coefficient (Wildman–Crippen LogP) is 0.671. The van der Waals surface area contributed by atoms with Crippen LogP contribution in [-0.2, 0) is 19.2 Å². The molecular weight excluding hydrogens is 298 g/mol. The Morgan fingerprint density at radius 2 is 1.30 bits per heavy atom. The molecule has 0 aromatic rings. The third-order valence-corrected chi connectivity index (χ3v) is 3.20. The summed E-state index contributed by atoms with van der Waals surface area (Å²) in [6.07, 6.45) is 2.18. The second kappa shape index (κ2) is 11.6. The number of carbonyl (C=O) groups excluding carboxylic acids is 4. The summed E-state index contributed by atoms with van der Waals surface area (Å²) in [5.41, 5.74) is 0. The topological polar surface area (TPSA) is 104 Å². The van der Waals surface area contributed by atoms with Gasteiger partial charge in [-0.05, 0) is 33.6 Å². The monoisotopic (exact) mass is 327 g/mol. The molecule has 7 nitrogen and oxygen atoms in total. The molecule has 0 rings (SSSR count). The van der Waals surface area contributed by atoms with E-state index in [0.717, 1.165) is 0 Å². The number of amides is 3. The van der Waals surface area contributed by atoms with Crippen LogP contribution in [0.25, 0.3) is 0 Å². The van der Waals surface area contributed by atoms with Crippen molar-refractivity contribution in [1.29, 1.82) is 0 Å². The molecule has 0 aliphatic heterocycles. The van der Waals surface area contributed by atoms with Crippen molar-refractivity contribution in [2.45, 2.75) is 71.4 Å². The van der Waals surface area contributed by atoms with E-state index in [4.69, 9.17) is 0 Å². The van der Waals surface area contributed by atoms with Gasteiger partial charge < -0.3 is 16.0 Å². The first-order chi connectivity index (χ1) is 10.8. The highest BCUT2D eigenvalue weighted by Crippen LogP contribution is 2.04. The third kappa shape index (κ3) is 11.3. The molecule has 0 saturated carbocycles. The highest BCUT2D eigenvalue weighted by molar-refractivity contribution is 5.87. The lowest BCUT2D eigenvalue weighted by molar-refractivity contribution is -0.129. The predicted molar refractivity (Wildman–Crippen MR) is 87.7 cm³/mol. The van der Waals surface area contributed by atoms with Crippen LogP contribution >= 0.6 is 0 Å². The van der Waals surface area contributed by atoms with Gasteiger partial charge in [-0.25, -0.2) is 0 Å². The lowest BCUT2D eigenvalue weighted by Gasteiger charge is -2.15. The number of hydrogen-bond acceptors (Lipinski definition) is 4. The minimum atomic E-state index is -0.590. The van der Waals surface area contributed by atoms with Gasteiger partial charge in [0.15, 0.2) is 0 Å². The van der Waals surface area contributed by atoms with Crippen molar-refractivity contribution in [3.8, 4) is 0 Å². The molecule has 1 atom stereocenters. The van der Waals surface area contributed by atoms with E-state index in [2.05, 4.69) is 16.0 Å². The SMILES string of the molecule is CNC(=O)CCCC(=O)CCCC(=O)N[C@@H](C)C(=O)NC(C)C. The Kier molecular flexibility index (Phi) is 10.7. The molecule has 0 aliphatic carbocycles. The molecule has 0 unspecified atom stereocenters. The lowest BCUT2D eigenvalue weighted by atomic mass is 10.1. The summed E-state index contributed by atoms with van der Waals surface area (Å²) in [6.45, 7) is 5.32. The molecule has 0 saturated heterocycles. The van der Waals surface area contributed by atoms with Crippen molar-refractivity contribution in [3.63, 3.8) is 0 Å². The van der Waals surface area contributed by atoms with E-state index < -0.39 is 6.04 Å². The number of Topliss-reactive ketones (excluding diaryl/α,β-unsaturated/α-hetero) is 1. The summed E-state index contributed by atoms with van der Waals surface area (Å²) in [7, 11) is 1.56. The number of nitrogens with one attached hydrogen (secondary N) is 3. The van der Waals surface area contributed by atoms with Crippen LogP contribution in [0.1, 0.15) is 59.3 Å². The second-order valence-electron chi connectivity index (χ2n) is 5.87. The minimum Gasteiger partial charge on any atom is -0.359 e. The van der Waals surface area contributed by atoms with Crippen LogP contribution < -0.4 is 16.0 Å². The lowest BCUT2D eigenvalue weighted by Crippen LogP contribution is -2.46. The molecule has 0 radical (unpaired) electrons. The number of hydrogen-bond donors (Lipinski definition) is 3. The van der Waals surface area contributed by atoms with Crippen LogP contribution in [0, 0.1) is 0 Å². The van der Waals surface area contributed by atoms with Gasteiger partial charge in [0, 0.05) is 38.8 Å². The fraction of sp³-hybridized carbons (Fsp3) is 0.750. The van der Waals surface area contributed by atoms with Crippen LogP contribution in [0.4, 0.5) is 0 Å². The van der Waals surface area contributed by atoms with Crippen LogP contribution in [0.2, 0.25) is 0 Å². The van der Waals surface area contributed by atoms with E-state index in [1.54, 1.807) is 14.0 Å². The van der Waals surface area contributed by atoms with Gasteiger partial charge >= 0.3 is 0 Å². The van der Waals surface area contributed by atoms with Gasteiger partial charge in [-0.15, -0.1) is 0 Å². The first-order valence-electron chi connectivity index (χ1n) is 8.08. The smallest absolute Gasteiger partial charge is 0.242 e. The maximum Gasteiger partial charge on any atom is 0.242 e. The largest absolute Gasteiger partial charge is 0.359 e. The zero-order valence-corrected chi connectivity index (χ0v) is 14.5. The standard InChI is InChI=1S/C16H29N3O4/c1-11(2)18-16(23)12(3)19-15(22)10-6-8-13(20)7-5-9-14(21)17-4/h11-12H,5-10H2,1-4H3,(H,17,21)(H,18,23)(H,19,22)/t12-/m0/s1. The van der Waals surface area contributed by atoms with Crippen molar-refractivity contribution < 1.29 is 19.2 Å². The average molecular weight is 327 g/mol. The first-order valence-corrected chi connectivity index (χ1v) is 8.08. The molecule has 0 fully saturated rings. The fourth-order valence-electron chi connectivity index (χ4n) is 1.93. The van der Waals surface area contributed by atoms with Crippen LogP contribution in [0.3, 0.4) is 0 Å². The van der Waals surface area contributed by atoms with Crippen LogP contribution in [0.15, 0.2) is 0 Å². The molecule has 3 amide bonds. The minimum absolute atomic E-state index is 0.0225. The van der Waals surface area contributed by atoms with Crippen molar-refractivity contribution in [2.75, 3.05) is 7.05 Å². The Balaban J connectivity index is 3.83. The van der Waals surface area contributed by atoms with Gasteiger partial charge in [-0.2, -0.15) is 0 Å². The highest BCUT2D eigenvalue weighted by atomic mass is 16.2. The number of carbonyl (C=O) groups is 4. The van der Waals surface area contributed by atoms with Crippen molar-refractivity contribution in [1.82, 2.24) is 16.0 Å². The summed E-state index contributed by atoms with van der Waals surface area (Å²) in [4.78, 5) is 46.0. The van der Waals surface area contributed by atoms with E-state index >= 15 is 0 Å². The quantitative estimate of drug-likeness (QED) is 0.519. The molecule has 0 aliphatic rings. The van der Waals surface area contributed by atoms with Gasteiger partial charge in [-0.3, -0.25) is 19.2 Å². The Bertz CT molecular complexity index is 422. The molecule has 0 aromatic carbocycles. The van der Waals surface area contributed by atoms with Crippen molar-refractivity contribution >= 4 is 23.5 Å². The van der Waals surface area contributed by atoms with E-state index in [0.29, 0.717) is 32.1 Å². The molecular formula is C16H29N3O4. The zero-order valence-electron chi connectivity index (χ0n) is 14.5. The van der Waals surface area contributed by atoms with Gasteiger partial charge in [0.05, 0.1) is 0 Å². The summed E-state index contributed by atoms with van der Waals surface area (Å²) < 4.78 is 0. The Labute approximate surface area is 138 Å². The van der Waals surface area contributed by atoms with Crippen LogP contribution in [-0.4, -0.2) is 42.6 Å². The van der Waals surface area contributed by atoms with E-state index in [1.165, 1.54) is 0 Å². The van der Waals surface area contributed by atoms with Crippen LogP contribution in [0.5, 0.6) is 0 Å². The van der Waals surface area contributed by atoms with Crippen molar-refractivity contribution in [3.05, 3.63) is 0 Å². The first kappa shape index (κ1) is 21.1. The second-order valence-corrected chi connectivity index (χ2v) is 5.87. The van der Waals surface area contributed by atoms with E-state index in [-0.39, 0.29) is 36.0 Å². The Morgan fingerprint density at radius 3 is 1.78 bits per heavy atom. The molecule has 0 aromatic heterocycles. The average Bonchev–Trinajstić information content (AvgIpc) is 2.46.